The number of nitrogens with two attached hydrogens (primary N) is 1. The van der Waals surface area contributed by atoms with Crippen LogP contribution in [-0.4, -0.2) is 31.3 Å². The number of carbonyl (C=O) groups excluding carboxylic acids is 2. The summed E-state index contributed by atoms with van der Waals surface area (Å²) in [6.45, 7) is 0.604. The first-order valence-electron chi connectivity index (χ1n) is 7.05. The van der Waals surface area contributed by atoms with Gasteiger partial charge in [0.15, 0.2) is 5.82 Å². The molecule has 0 aliphatic heterocycles. The quantitative estimate of drug-likeness (QED) is 0.404. The van der Waals surface area contributed by atoms with Crippen LogP contribution in [0.25, 0.3) is 0 Å². The molecule has 0 spiro atoms. The molecule has 0 fully saturated rings. The largest absolute Gasteiger partial charge is 0.399 e. The molecule has 3 aromatic rings. The molecule has 2 heterocycles. The summed E-state index contributed by atoms with van der Waals surface area (Å²) in [5.74, 6) is -1.23. The number of Topliss-reactive ketones (excluding diaryl/α,β-unsaturated/α-hetero) is 2. The smallest absolute Gasteiger partial charge is 0.265 e. The van der Waals surface area contributed by atoms with Crippen molar-refractivity contribution < 1.29 is 9.59 Å². The molecule has 7 nitrogen and oxygen atoms in total. The molecular formula is C16H15N5O2. The summed E-state index contributed by atoms with van der Waals surface area (Å²) in [5, 5.41) is 5.99. The third-order valence-corrected chi connectivity index (χ3v) is 3.48. The molecule has 1 aromatic carbocycles. The Morgan fingerprint density at radius 3 is 2.65 bits per heavy atom. The van der Waals surface area contributed by atoms with E-state index >= 15 is 0 Å². The zero-order valence-electron chi connectivity index (χ0n) is 12.3. The number of anilines is 1. The van der Waals surface area contributed by atoms with Gasteiger partial charge >= 0.3 is 0 Å². The lowest BCUT2D eigenvalue weighted by molar-refractivity contribution is -0.114. The van der Waals surface area contributed by atoms with Gasteiger partial charge < -0.3 is 10.3 Å². The van der Waals surface area contributed by atoms with Gasteiger partial charge in [-0.3, -0.25) is 14.7 Å². The van der Waals surface area contributed by atoms with Crippen LogP contribution < -0.4 is 5.73 Å². The van der Waals surface area contributed by atoms with Crippen LogP contribution in [0.2, 0.25) is 0 Å². The second kappa shape index (κ2) is 6.27. The van der Waals surface area contributed by atoms with Crippen molar-refractivity contribution in [2.75, 3.05) is 5.73 Å². The zero-order chi connectivity index (χ0) is 16.2. The molecular weight excluding hydrogens is 294 g/mol. The first-order chi connectivity index (χ1) is 11.1. The van der Waals surface area contributed by atoms with Gasteiger partial charge in [-0.05, 0) is 29.8 Å². The van der Waals surface area contributed by atoms with Gasteiger partial charge in [0.2, 0.25) is 5.78 Å². The predicted molar refractivity (Wildman–Crippen MR) is 83.8 cm³/mol. The summed E-state index contributed by atoms with van der Waals surface area (Å²) < 4.78 is 1.93. The highest BCUT2D eigenvalue weighted by atomic mass is 16.2. The lowest BCUT2D eigenvalue weighted by Crippen LogP contribution is -2.20. The number of carbonyl (C=O) groups is 2. The minimum absolute atomic E-state index is 0.0154. The lowest BCUT2D eigenvalue weighted by atomic mass is 10.1. The van der Waals surface area contributed by atoms with E-state index in [-0.39, 0.29) is 12.2 Å². The maximum Gasteiger partial charge on any atom is 0.265 e. The fraction of sp³-hybridized carbons (Fsp3) is 0.125. The highest BCUT2D eigenvalue weighted by Gasteiger charge is 2.20. The highest BCUT2D eigenvalue weighted by Crippen LogP contribution is 2.11. The van der Waals surface area contributed by atoms with E-state index in [4.69, 9.17) is 5.73 Å². The van der Waals surface area contributed by atoms with Crippen molar-refractivity contribution in [2.24, 2.45) is 0 Å². The van der Waals surface area contributed by atoms with Crippen LogP contribution in [0, 0.1) is 0 Å². The Morgan fingerprint density at radius 1 is 1.17 bits per heavy atom. The number of nitrogens with one attached hydrogen (secondary N) is 1. The Morgan fingerprint density at radius 2 is 1.96 bits per heavy atom. The van der Waals surface area contributed by atoms with E-state index in [0.29, 0.717) is 12.2 Å². The van der Waals surface area contributed by atoms with Crippen LogP contribution >= 0.6 is 0 Å². The standard InChI is InChI=1S/C16H15N5O2/c17-12-5-3-11(4-6-12)9-21-7-1-2-13(21)8-14(22)15(23)16-18-10-19-20-16/h1-7,10H,8-9,17H2,(H,18,19,20). The molecule has 7 heteroatoms. The number of nitrogen functional groups attached to an aromatic ring is 1. The second-order valence-corrected chi connectivity index (χ2v) is 5.13. The lowest BCUT2D eigenvalue weighted by Gasteiger charge is -2.09. The topological polar surface area (TPSA) is 107 Å². The van der Waals surface area contributed by atoms with Gasteiger partial charge in [-0.25, -0.2) is 4.98 Å². The Kier molecular flexibility index (Phi) is 4.01. The maximum atomic E-state index is 12.1. The number of nitrogens with zero attached hydrogens (tertiary/aromatic N) is 3. The van der Waals surface area contributed by atoms with E-state index < -0.39 is 11.6 Å². The van der Waals surface area contributed by atoms with Crippen LogP contribution in [0.1, 0.15) is 21.9 Å². The molecule has 0 atom stereocenters. The number of hydrogen-bond acceptors (Lipinski definition) is 5. The molecule has 0 saturated heterocycles. The van der Waals surface area contributed by atoms with Crippen LogP contribution in [0.3, 0.4) is 0 Å². The molecule has 0 radical (unpaired) electrons. The van der Waals surface area contributed by atoms with E-state index in [2.05, 4.69) is 15.2 Å². The molecule has 116 valence electrons. The van der Waals surface area contributed by atoms with Gasteiger partial charge in [-0.15, -0.1) is 0 Å². The van der Waals surface area contributed by atoms with E-state index in [1.54, 1.807) is 0 Å². The van der Waals surface area contributed by atoms with Crippen molar-refractivity contribution in [3.05, 3.63) is 66.0 Å². The van der Waals surface area contributed by atoms with Gasteiger partial charge in [0.25, 0.3) is 5.78 Å². The van der Waals surface area contributed by atoms with Gasteiger partial charge in [0, 0.05) is 24.1 Å². The van der Waals surface area contributed by atoms with Gasteiger partial charge in [0.05, 0.1) is 6.42 Å². The minimum atomic E-state index is -0.664. The number of hydrogen-bond donors (Lipinski definition) is 2. The summed E-state index contributed by atoms with van der Waals surface area (Å²) in [6, 6.07) is 11.2. The molecule has 0 unspecified atom stereocenters. The van der Waals surface area contributed by atoms with Crippen molar-refractivity contribution in [2.45, 2.75) is 13.0 Å². The molecule has 0 aliphatic rings. The normalized spacial score (nSPS) is 10.6. The number of aromatic amines is 1. The highest BCUT2D eigenvalue weighted by molar-refractivity contribution is 6.43. The Labute approximate surface area is 132 Å². The van der Waals surface area contributed by atoms with Crippen molar-refractivity contribution in [3.8, 4) is 0 Å². The van der Waals surface area contributed by atoms with Crippen LogP contribution in [0.5, 0.6) is 0 Å². The summed E-state index contributed by atoms with van der Waals surface area (Å²) in [4.78, 5) is 27.7. The predicted octanol–water partition coefficient (Wildman–Crippen LogP) is 1.23. The Bertz CT molecular complexity index is 819. The third kappa shape index (κ3) is 3.34. The fourth-order valence-corrected chi connectivity index (χ4v) is 2.28. The summed E-state index contributed by atoms with van der Waals surface area (Å²) >= 11 is 0. The number of ketones is 2. The number of H-pyrrole nitrogens is 1. The summed E-state index contributed by atoms with van der Waals surface area (Å²) in [6.07, 6.45) is 3.09. The van der Waals surface area contributed by atoms with Crippen LogP contribution in [0.4, 0.5) is 5.69 Å². The van der Waals surface area contributed by atoms with Gasteiger partial charge in [-0.1, -0.05) is 12.1 Å². The van der Waals surface area contributed by atoms with Gasteiger partial charge in [-0.2, -0.15) is 5.10 Å². The fourth-order valence-electron chi connectivity index (χ4n) is 2.28. The van der Waals surface area contributed by atoms with Crippen molar-refractivity contribution in [3.63, 3.8) is 0 Å². The van der Waals surface area contributed by atoms with Gasteiger partial charge in [0.1, 0.15) is 6.33 Å². The van der Waals surface area contributed by atoms with E-state index in [1.165, 1.54) is 6.33 Å². The second-order valence-electron chi connectivity index (χ2n) is 5.13. The average molecular weight is 309 g/mol. The minimum Gasteiger partial charge on any atom is -0.399 e. The molecule has 2 aromatic heterocycles. The third-order valence-electron chi connectivity index (χ3n) is 3.48. The first-order valence-corrected chi connectivity index (χ1v) is 7.05. The van der Waals surface area contributed by atoms with E-state index in [9.17, 15) is 9.59 Å². The molecule has 0 bridgehead atoms. The Balaban J connectivity index is 1.72. The molecule has 0 amide bonds. The van der Waals surface area contributed by atoms with Crippen molar-refractivity contribution >= 4 is 17.3 Å². The average Bonchev–Trinajstić information content (AvgIpc) is 3.21. The van der Waals surface area contributed by atoms with Crippen molar-refractivity contribution in [1.82, 2.24) is 19.7 Å². The Hall–Kier alpha value is -3.22. The SMILES string of the molecule is Nc1ccc(Cn2cccc2CC(=O)C(=O)c2ncn[nH]2)cc1. The summed E-state index contributed by atoms with van der Waals surface area (Å²) in [5.41, 5.74) is 8.20. The van der Waals surface area contributed by atoms with Crippen LogP contribution in [0.15, 0.2) is 48.9 Å². The van der Waals surface area contributed by atoms with Crippen molar-refractivity contribution in [1.29, 1.82) is 0 Å². The van der Waals surface area contributed by atoms with Crippen LogP contribution in [-0.2, 0) is 17.8 Å². The van der Waals surface area contributed by atoms with E-state index in [0.717, 1.165) is 11.3 Å². The molecule has 3 rings (SSSR count). The summed E-state index contributed by atoms with van der Waals surface area (Å²) in [7, 11) is 0. The molecule has 0 aliphatic carbocycles. The maximum absolute atomic E-state index is 12.1. The zero-order valence-corrected chi connectivity index (χ0v) is 12.3. The number of aromatic nitrogens is 4. The number of rotatable bonds is 6. The monoisotopic (exact) mass is 309 g/mol. The molecule has 0 saturated carbocycles. The molecule has 23 heavy (non-hydrogen) atoms. The molecule has 3 N–H and O–H groups in total. The number of benzene rings is 1. The van der Waals surface area contributed by atoms with E-state index in [1.807, 2.05) is 47.2 Å². The first kappa shape index (κ1) is 14.7.